The van der Waals surface area contributed by atoms with E-state index < -0.39 is 5.69 Å². The molecule has 0 atom stereocenters. The molecule has 0 bridgehead atoms. The van der Waals surface area contributed by atoms with Crippen LogP contribution in [0.15, 0.2) is 27.5 Å². The molecule has 0 saturated heterocycles. The van der Waals surface area contributed by atoms with E-state index in [-0.39, 0.29) is 5.95 Å². The number of hydrogen-bond acceptors (Lipinski definition) is 4. The summed E-state index contributed by atoms with van der Waals surface area (Å²) in [4.78, 5) is 21.0. The van der Waals surface area contributed by atoms with E-state index >= 15 is 0 Å². The minimum atomic E-state index is -0.538. The molecule has 7 heteroatoms. The fourth-order valence-electron chi connectivity index (χ4n) is 1.21. The van der Waals surface area contributed by atoms with Gasteiger partial charge in [0.1, 0.15) is 5.82 Å². The van der Waals surface area contributed by atoms with Crippen LogP contribution in [-0.4, -0.2) is 15.0 Å². The Labute approximate surface area is 104 Å². The van der Waals surface area contributed by atoms with Gasteiger partial charge in [0.05, 0.1) is 0 Å². The van der Waals surface area contributed by atoms with Crippen molar-refractivity contribution in [2.45, 2.75) is 0 Å². The number of nitrogen functional groups attached to an aromatic ring is 1. The van der Waals surface area contributed by atoms with Gasteiger partial charge in [0.15, 0.2) is 0 Å². The zero-order valence-corrected chi connectivity index (χ0v) is 10.2. The second kappa shape index (κ2) is 4.23. The molecule has 0 radical (unpaired) electrons. The predicted octanol–water partition coefficient (Wildman–Crippen LogP) is 1.83. The first kappa shape index (κ1) is 11.1. The molecule has 1 aromatic carbocycles. The maximum absolute atomic E-state index is 11.1. The average molecular weight is 302 g/mol. The number of benzene rings is 1. The Morgan fingerprint density at radius 1 is 1.38 bits per heavy atom. The van der Waals surface area contributed by atoms with Gasteiger partial charge < -0.3 is 5.73 Å². The molecule has 2 rings (SSSR count). The first-order chi connectivity index (χ1) is 7.56. The normalized spacial score (nSPS) is 10.4. The van der Waals surface area contributed by atoms with Gasteiger partial charge in [0, 0.05) is 15.1 Å². The minimum Gasteiger partial charge on any atom is -0.368 e. The third-order valence-corrected chi connectivity index (χ3v) is 2.75. The second-order valence-electron chi connectivity index (χ2n) is 2.98. The van der Waals surface area contributed by atoms with Gasteiger partial charge in [-0.15, -0.1) is 0 Å². The number of halogens is 2. The third-order valence-electron chi connectivity index (χ3n) is 1.85. The number of rotatable bonds is 1. The zero-order chi connectivity index (χ0) is 11.7. The lowest BCUT2D eigenvalue weighted by Gasteiger charge is -2.03. The summed E-state index contributed by atoms with van der Waals surface area (Å²) in [5.41, 5.74) is 5.55. The summed E-state index contributed by atoms with van der Waals surface area (Å²) in [5.74, 6) is 0.279. The number of nitrogens with zero attached hydrogens (tertiary/aromatic N) is 2. The smallest absolute Gasteiger partial charge is 0.349 e. The summed E-state index contributed by atoms with van der Waals surface area (Å²) in [5, 5.41) is 0.583. The zero-order valence-electron chi connectivity index (χ0n) is 7.87. The molecule has 0 aliphatic rings. The Morgan fingerprint density at radius 3 is 2.75 bits per heavy atom. The molecule has 0 unspecified atom stereocenters. The van der Waals surface area contributed by atoms with Crippen LogP contribution in [0.2, 0.25) is 5.02 Å². The largest absolute Gasteiger partial charge is 0.368 e. The van der Waals surface area contributed by atoms with E-state index in [0.29, 0.717) is 20.9 Å². The molecule has 0 amide bonds. The van der Waals surface area contributed by atoms with Crippen molar-refractivity contribution in [1.82, 2.24) is 15.0 Å². The van der Waals surface area contributed by atoms with Gasteiger partial charge in [-0.2, -0.15) is 9.97 Å². The molecule has 0 aliphatic carbocycles. The van der Waals surface area contributed by atoms with Gasteiger partial charge in [0.2, 0.25) is 5.95 Å². The van der Waals surface area contributed by atoms with Gasteiger partial charge in [-0.3, -0.25) is 4.98 Å². The van der Waals surface area contributed by atoms with Crippen molar-refractivity contribution in [3.63, 3.8) is 0 Å². The highest BCUT2D eigenvalue weighted by Gasteiger charge is 2.07. The number of nitrogens with one attached hydrogen (secondary N) is 1. The maximum atomic E-state index is 11.1. The summed E-state index contributed by atoms with van der Waals surface area (Å²) in [6, 6.07) is 5.12. The van der Waals surface area contributed by atoms with E-state index in [2.05, 4.69) is 30.9 Å². The molecule has 5 nitrogen and oxygen atoms in total. The molecule has 3 N–H and O–H groups in total. The van der Waals surface area contributed by atoms with Crippen molar-refractivity contribution in [3.05, 3.63) is 38.2 Å². The molecule has 1 heterocycles. The van der Waals surface area contributed by atoms with Gasteiger partial charge in [-0.1, -0.05) is 11.6 Å². The monoisotopic (exact) mass is 300 g/mol. The molecule has 0 fully saturated rings. The Kier molecular flexibility index (Phi) is 2.93. The second-order valence-corrected chi connectivity index (χ2v) is 4.28. The molecule has 0 spiro atoms. The molecule has 0 aliphatic heterocycles. The van der Waals surface area contributed by atoms with Crippen LogP contribution in [0.25, 0.3) is 11.4 Å². The molecular formula is C9H6BrClN4O. The van der Waals surface area contributed by atoms with Crippen molar-refractivity contribution < 1.29 is 0 Å². The first-order valence-electron chi connectivity index (χ1n) is 4.25. The number of hydrogen-bond donors (Lipinski definition) is 2. The van der Waals surface area contributed by atoms with Gasteiger partial charge in [-0.25, -0.2) is 4.79 Å². The van der Waals surface area contributed by atoms with Crippen molar-refractivity contribution in [2.75, 3.05) is 5.73 Å². The molecule has 16 heavy (non-hydrogen) atoms. The quantitative estimate of drug-likeness (QED) is 0.841. The van der Waals surface area contributed by atoms with Crippen LogP contribution < -0.4 is 11.4 Å². The highest BCUT2D eigenvalue weighted by molar-refractivity contribution is 9.10. The topological polar surface area (TPSA) is 84.7 Å². The van der Waals surface area contributed by atoms with E-state index in [0.717, 1.165) is 0 Å². The van der Waals surface area contributed by atoms with E-state index in [1.54, 1.807) is 18.2 Å². The Morgan fingerprint density at radius 2 is 2.12 bits per heavy atom. The summed E-state index contributed by atoms with van der Waals surface area (Å²) < 4.78 is 0.716. The summed E-state index contributed by atoms with van der Waals surface area (Å²) >= 11 is 9.13. The lowest BCUT2D eigenvalue weighted by Crippen LogP contribution is -2.15. The average Bonchev–Trinajstić information content (AvgIpc) is 2.15. The number of anilines is 1. The van der Waals surface area contributed by atoms with Crippen LogP contribution in [0.4, 0.5) is 5.95 Å². The summed E-state index contributed by atoms with van der Waals surface area (Å²) in [7, 11) is 0. The highest BCUT2D eigenvalue weighted by atomic mass is 79.9. The van der Waals surface area contributed by atoms with Gasteiger partial charge in [0.25, 0.3) is 0 Å². The molecule has 82 valence electrons. The van der Waals surface area contributed by atoms with Crippen LogP contribution in [0.5, 0.6) is 0 Å². The number of nitrogens with two attached hydrogens (primary N) is 1. The SMILES string of the molecule is Nc1nc(-c2ccc(Cl)cc2Br)[nH]c(=O)n1. The van der Waals surface area contributed by atoms with Crippen LogP contribution in [-0.2, 0) is 0 Å². The van der Waals surface area contributed by atoms with Crippen molar-refractivity contribution >= 4 is 33.5 Å². The van der Waals surface area contributed by atoms with Crippen LogP contribution >= 0.6 is 27.5 Å². The van der Waals surface area contributed by atoms with Crippen LogP contribution in [0, 0.1) is 0 Å². The first-order valence-corrected chi connectivity index (χ1v) is 5.42. The molecule has 0 saturated carbocycles. The van der Waals surface area contributed by atoms with Crippen LogP contribution in [0.3, 0.4) is 0 Å². The van der Waals surface area contributed by atoms with E-state index in [1.807, 2.05) is 0 Å². The van der Waals surface area contributed by atoms with Gasteiger partial charge in [-0.05, 0) is 34.1 Å². The number of aromatic amines is 1. The fraction of sp³-hybridized carbons (Fsp3) is 0. The van der Waals surface area contributed by atoms with Crippen molar-refractivity contribution in [1.29, 1.82) is 0 Å². The molecular weight excluding hydrogens is 295 g/mol. The summed E-state index contributed by atoms with van der Waals surface area (Å²) in [6.07, 6.45) is 0. The Balaban J connectivity index is 2.63. The number of aromatic nitrogens is 3. The van der Waals surface area contributed by atoms with E-state index in [4.69, 9.17) is 17.3 Å². The lowest BCUT2D eigenvalue weighted by molar-refractivity contribution is 1.01. The highest BCUT2D eigenvalue weighted by Crippen LogP contribution is 2.27. The van der Waals surface area contributed by atoms with E-state index in [1.165, 1.54) is 0 Å². The lowest BCUT2D eigenvalue weighted by atomic mass is 10.2. The standard InChI is InChI=1S/C9H6BrClN4O/c10-6-3-4(11)1-2-5(6)7-13-8(12)15-9(16)14-7/h1-3H,(H3,12,13,14,15,16). The molecule has 1 aromatic heterocycles. The minimum absolute atomic E-state index is 0.0689. The predicted molar refractivity (Wildman–Crippen MR) is 65.2 cm³/mol. The Bertz CT molecular complexity index is 598. The van der Waals surface area contributed by atoms with Gasteiger partial charge >= 0.3 is 5.69 Å². The van der Waals surface area contributed by atoms with Crippen molar-refractivity contribution in [2.24, 2.45) is 0 Å². The summed E-state index contributed by atoms with van der Waals surface area (Å²) in [6.45, 7) is 0. The Hall–Kier alpha value is -1.40. The van der Waals surface area contributed by atoms with Crippen LogP contribution in [0.1, 0.15) is 0 Å². The van der Waals surface area contributed by atoms with E-state index in [9.17, 15) is 4.79 Å². The fourth-order valence-corrected chi connectivity index (χ4v) is 2.08. The molecule has 2 aromatic rings. The number of H-pyrrole nitrogens is 1. The maximum Gasteiger partial charge on any atom is 0.349 e. The third kappa shape index (κ3) is 2.23. The van der Waals surface area contributed by atoms with Crippen molar-refractivity contribution in [3.8, 4) is 11.4 Å².